The van der Waals surface area contributed by atoms with Crippen molar-refractivity contribution in [2.75, 3.05) is 13.7 Å². The number of carbonyl (C=O) groups is 2. The van der Waals surface area contributed by atoms with Gasteiger partial charge in [0.15, 0.2) is 0 Å². The fourth-order valence-electron chi connectivity index (χ4n) is 2.69. The lowest BCUT2D eigenvalue weighted by Gasteiger charge is -2.19. The summed E-state index contributed by atoms with van der Waals surface area (Å²) in [6.07, 6.45) is 3.60. The van der Waals surface area contributed by atoms with Gasteiger partial charge in [-0.05, 0) is 32.8 Å². The minimum Gasteiger partial charge on any atom is -0.465 e. The van der Waals surface area contributed by atoms with Gasteiger partial charge in [-0.1, -0.05) is 6.92 Å². The Hall–Kier alpha value is -2.68. The smallest absolute Gasteiger partial charge is 0.355 e. The molecule has 2 rings (SSSR count). The van der Waals surface area contributed by atoms with Gasteiger partial charge < -0.3 is 19.8 Å². The number of ether oxygens (including phenoxy) is 2. The first-order chi connectivity index (χ1) is 12.8. The van der Waals surface area contributed by atoms with Crippen molar-refractivity contribution >= 4 is 11.9 Å². The molecule has 2 heterocycles. The predicted molar refractivity (Wildman–Crippen MR) is 98.4 cm³/mol. The molecule has 0 saturated carbocycles. The van der Waals surface area contributed by atoms with E-state index in [2.05, 4.69) is 20.4 Å². The standard InChI is InChI=1S/C18H27N5O4/c1-6-12-14(16(24)26-5)13(9-19-7-8-23-11-20-10-21-23)22-15(12)17(25)27-18(2,3)4/h10-11,19,22H,6-9H2,1-5H3. The predicted octanol–water partition coefficient (Wildman–Crippen LogP) is 1.70. The van der Waals surface area contributed by atoms with Crippen molar-refractivity contribution in [3.63, 3.8) is 0 Å². The van der Waals surface area contributed by atoms with Gasteiger partial charge in [0.2, 0.25) is 0 Å². The molecule has 0 unspecified atom stereocenters. The van der Waals surface area contributed by atoms with Crippen molar-refractivity contribution in [2.45, 2.75) is 52.8 Å². The van der Waals surface area contributed by atoms with E-state index < -0.39 is 17.5 Å². The molecule has 2 aromatic heterocycles. The summed E-state index contributed by atoms with van der Waals surface area (Å²) in [5.74, 6) is -0.968. The highest BCUT2D eigenvalue weighted by Crippen LogP contribution is 2.23. The molecule has 0 spiro atoms. The van der Waals surface area contributed by atoms with Crippen LogP contribution in [-0.4, -0.2) is 50.9 Å². The van der Waals surface area contributed by atoms with Crippen LogP contribution in [0.1, 0.15) is 59.8 Å². The van der Waals surface area contributed by atoms with Gasteiger partial charge in [0.05, 0.1) is 19.2 Å². The van der Waals surface area contributed by atoms with E-state index in [0.717, 1.165) is 0 Å². The number of hydrogen-bond donors (Lipinski definition) is 2. The molecule has 148 valence electrons. The molecule has 0 atom stereocenters. The summed E-state index contributed by atoms with van der Waals surface area (Å²) in [5, 5.41) is 7.26. The summed E-state index contributed by atoms with van der Waals surface area (Å²) in [7, 11) is 1.32. The first-order valence-electron chi connectivity index (χ1n) is 8.85. The van der Waals surface area contributed by atoms with Crippen molar-refractivity contribution in [1.82, 2.24) is 25.1 Å². The van der Waals surface area contributed by atoms with Crippen LogP contribution < -0.4 is 5.32 Å². The van der Waals surface area contributed by atoms with Crippen LogP contribution in [0.25, 0.3) is 0 Å². The number of hydrogen-bond acceptors (Lipinski definition) is 7. The maximum absolute atomic E-state index is 12.6. The molecule has 0 radical (unpaired) electrons. The van der Waals surface area contributed by atoms with Crippen molar-refractivity contribution in [3.05, 3.63) is 35.2 Å². The minimum atomic E-state index is -0.630. The number of H-pyrrole nitrogens is 1. The summed E-state index contributed by atoms with van der Waals surface area (Å²) in [5.41, 5.74) is 1.24. The second kappa shape index (κ2) is 8.81. The Labute approximate surface area is 158 Å². The van der Waals surface area contributed by atoms with E-state index in [-0.39, 0.29) is 0 Å². The van der Waals surface area contributed by atoms with E-state index in [0.29, 0.717) is 48.6 Å². The molecule has 0 aromatic carbocycles. The van der Waals surface area contributed by atoms with Crippen molar-refractivity contribution < 1.29 is 19.1 Å². The van der Waals surface area contributed by atoms with E-state index in [1.54, 1.807) is 31.8 Å². The summed E-state index contributed by atoms with van der Waals surface area (Å²) < 4.78 is 12.1. The number of carbonyl (C=O) groups excluding carboxylic acids is 2. The van der Waals surface area contributed by atoms with Crippen LogP contribution in [0.5, 0.6) is 0 Å². The van der Waals surface area contributed by atoms with E-state index in [9.17, 15) is 9.59 Å². The Morgan fingerprint density at radius 3 is 2.59 bits per heavy atom. The molecule has 27 heavy (non-hydrogen) atoms. The third-order valence-corrected chi connectivity index (χ3v) is 3.81. The van der Waals surface area contributed by atoms with Gasteiger partial charge in [-0.3, -0.25) is 4.68 Å². The number of esters is 2. The number of methoxy groups -OCH3 is 1. The van der Waals surface area contributed by atoms with Crippen LogP contribution in [0.2, 0.25) is 0 Å². The Bertz CT molecular complexity index is 775. The average molecular weight is 377 g/mol. The first kappa shape index (κ1) is 20.6. The zero-order valence-corrected chi connectivity index (χ0v) is 16.5. The van der Waals surface area contributed by atoms with E-state index in [1.165, 1.54) is 13.4 Å². The molecule has 0 aliphatic rings. The molecule has 2 N–H and O–H groups in total. The van der Waals surface area contributed by atoms with Crippen LogP contribution >= 0.6 is 0 Å². The molecule has 0 aliphatic heterocycles. The number of nitrogens with zero attached hydrogens (tertiary/aromatic N) is 3. The highest BCUT2D eigenvalue weighted by molar-refractivity contribution is 5.98. The van der Waals surface area contributed by atoms with Crippen LogP contribution in [0.3, 0.4) is 0 Å². The topological polar surface area (TPSA) is 111 Å². The van der Waals surface area contributed by atoms with E-state index in [1.807, 2.05) is 6.92 Å². The van der Waals surface area contributed by atoms with E-state index >= 15 is 0 Å². The van der Waals surface area contributed by atoms with E-state index in [4.69, 9.17) is 9.47 Å². The molecule has 0 fully saturated rings. The highest BCUT2D eigenvalue weighted by Gasteiger charge is 2.28. The summed E-state index contributed by atoms with van der Waals surface area (Å²) in [6, 6.07) is 0. The second-order valence-corrected chi connectivity index (χ2v) is 7.01. The second-order valence-electron chi connectivity index (χ2n) is 7.01. The molecular formula is C18H27N5O4. The summed E-state index contributed by atoms with van der Waals surface area (Å²) in [4.78, 5) is 31.8. The Kier molecular flexibility index (Phi) is 6.73. The monoisotopic (exact) mass is 377 g/mol. The van der Waals surface area contributed by atoms with Crippen molar-refractivity contribution in [3.8, 4) is 0 Å². The number of rotatable bonds is 8. The normalized spacial score (nSPS) is 11.4. The van der Waals surface area contributed by atoms with Gasteiger partial charge in [0, 0.05) is 18.8 Å². The maximum Gasteiger partial charge on any atom is 0.355 e. The number of aromatic nitrogens is 4. The van der Waals surface area contributed by atoms with Crippen LogP contribution in [0.4, 0.5) is 0 Å². The highest BCUT2D eigenvalue weighted by atomic mass is 16.6. The molecular weight excluding hydrogens is 350 g/mol. The third-order valence-electron chi connectivity index (χ3n) is 3.81. The van der Waals surface area contributed by atoms with Crippen molar-refractivity contribution in [2.24, 2.45) is 0 Å². The number of aromatic amines is 1. The molecule has 2 aromatic rings. The Balaban J connectivity index is 2.20. The lowest BCUT2D eigenvalue weighted by molar-refractivity contribution is 0.00622. The first-order valence-corrected chi connectivity index (χ1v) is 8.85. The van der Waals surface area contributed by atoms with Gasteiger partial charge in [-0.25, -0.2) is 14.6 Å². The number of nitrogens with one attached hydrogen (secondary N) is 2. The SMILES string of the molecule is CCc1c(C(=O)OC(C)(C)C)[nH]c(CNCCn2cncn2)c1C(=O)OC. The lowest BCUT2D eigenvalue weighted by Crippen LogP contribution is -2.25. The largest absolute Gasteiger partial charge is 0.465 e. The molecule has 0 aliphatic carbocycles. The molecule has 0 bridgehead atoms. The molecule has 0 amide bonds. The maximum atomic E-state index is 12.6. The zero-order chi connectivity index (χ0) is 20.0. The molecule has 0 saturated heterocycles. The fraction of sp³-hybridized carbons (Fsp3) is 0.556. The summed E-state index contributed by atoms with van der Waals surface area (Å²) in [6.45, 7) is 8.90. The third kappa shape index (κ3) is 5.40. The minimum absolute atomic E-state index is 0.293. The molecule has 9 nitrogen and oxygen atoms in total. The van der Waals surface area contributed by atoms with Gasteiger partial charge in [0.1, 0.15) is 23.9 Å². The quantitative estimate of drug-likeness (QED) is 0.532. The van der Waals surface area contributed by atoms with Crippen LogP contribution in [-0.2, 0) is 29.0 Å². The fourth-order valence-corrected chi connectivity index (χ4v) is 2.69. The van der Waals surface area contributed by atoms with Gasteiger partial charge >= 0.3 is 11.9 Å². The Morgan fingerprint density at radius 2 is 2.04 bits per heavy atom. The Morgan fingerprint density at radius 1 is 1.30 bits per heavy atom. The zero-order valence-electron chi connectivity index (χ0n) is 16.5. The van der Waals surface area contributed by atoms with Crippen LogP contribution in [0, 0.1) is 0 Å². The van der Waals surface area contributed by atoms with Gasteiger partial charge in [-0.2, -0.15) is 5.10 Å². The van der Waals surface area contributed by atoms with Crippen molar-refractivity contribution in [1.29, 1.82) is 0 Å². The lowest BCUT2D eigenvalue weighted by atomic mass is 10.1. The van der Waals surface area contributed by atoms with Gasteiger partial charge in [0.25, 0.3) is 0 Å². The van der Waals surface area contributed by atoms with Crippen LogP contribution in [0.15, 0.2) is 12.7 Å². The summed E-state index contributed by atoms with van der Waals surface area (Å²) >= 11 is 0. The average Bonchev–Trinajstić information content (AvgIpc) is 3.23. The molecule has 9 heteroatoms. The van der Waals surface area contributed by atoms with Gasteiger partial charge in [-0.15, -0.1) is 0 Å².